The predicted molar refractivity (Wildman–Crippen MR) is 52.9 cm³/mol. The monoisotopic (exact) mass is 247 g/mol. The lowest BCUT2D eigenvalue weighted by Crippen LogP contribution is -2.38. The topological polar surface area (TPSA) is 77.1 Å². The van der Waals surface area contributed by atoms with Crippen LogP contribution in [0.25, 0.3) is 0 Å². The highest BCUT2D eigenvalue weighted by molar-refractivity contribution is 7.45. The van der Waals surface area contributed by atoms with E-state index < -0.39 is 32.1 Å². The van der Waals surface area contributed by atoms with Gasteiger partial charge in [0.1, 0.15) is 26.2 Å². The number of hydrogen-bond donors (Lipinski definition) is 0. The average molecular weight is 247 g/mol. The Kier molecular flexibility index (Phi) is 3.45. The Labute approximate surface area is 95.2 Å². The molecule has 16 heavy (non-hydrogen) atoms. The van der Waals surface area contributed by atoms with E-state index in [1.165, 1.54) is 0 Å². The smallest absolute Gasteiger partial charge is 0.268 e. The summed E-state index contributed by atoms with van der Waals surface area (Å²) in [7, 11) is 1.35. The van der Waals surface area contributed by atoms with E-state index in [4.69, 9.17) is 21.8 Å². The van der Waals surface area contributed by atoms with Crippen molar-refractivity contribution in [1.82, 2.24) is 0 Å². The van der Waals surface area contributed by atoms with Crippen LogP contribution in [0.2, 0.25) is 0 Å². The second kappa shape index (κ2) is 4.40. The van der Waals surface area contributed by atoms with Crippen LogP contribution in [0.15, 0.2) is 0 Å². The van der Waals surface area contributed by atoms with Crippen molar-refractivity contribution in [2.24, 2.45) is 0 Å². The molecule has 2 aliphatic heterocycles. The summed E-state index contributed by atoms with van der Waals surface area (Å²) in [4.78, 5) is 11.3. The van der Waals surface area contributed by atoms with Gasteiger partial charge < -0.3 is 23.4 Å². The fourth-order valence-corrected chi connectivity index (χ4v) is 2.76. The number of fused-ring (bicyclic) bond motifs is 2. The second-order valence-corrected chi connectivity index (χ2v) is 5.47. The summed E-state index contributed by atoms with van der Waals surface area (Å²) < 4.78 is 31.5. The Morgan fingerprint density at radius 3 is 2.88 bits per heavy atom. The molecule has 2 heterocycles. The van der Waals surface area contributed by atoms with E-state index in [0.717, 1.165) is 0 Å². The summed E-state index contributed by atoms with van der Waals surface area (Å²) >= 11 is 0. The minimum atomic E-state index is -4.28. The fraction of sp³-hybridized carbons (Fsp3) is 1.00. The zero-order valence-electron chi connectivity index (χ0n) is 9.07. The third kappa shape index (κ3) is 2.50. The minimum absolute atomic E-state index is 0.0726. The largest absolute Gasteiger partial charge is 0.756 e. The Hall–Kier alpha value is 0.0949. The lowest BCUT2D eigenvalue weighted by atomic mass is 9.93. The van der Waals surface area contributed by atoms with E-state index in [0.29, 0.717) is 0 Å². The normalized spacial score (nSPS) is 48.2. The van der Waals surface area contributed by atoms with E-state index in [-0.39, 0.29) is 12.7 Å². The van der Waals surface area contributed by atoms with Gasteiger partial charge in [-0.1, -0.05) is 0 Å². The third-order valence-corrected chi connectivity index (χ3v) is 3.39. The minimum Gasteiger partial charge on any atom is -0.756 e. The number of ether oxygens (including phenoxy) is 2. The van der Waals surface area contributed by atoms with Crippen LogP contribution in [-0.2, 0) is 23.1 Å². The molecule has 2 saturated heterocycles. The molecule has 2 fully saturated rings. The van der Waals surface area contributed by atoms with Gasteiger partial charge in [-0.05, 0) is 13.8 Å². The number of phosphoric acid groups is 1. The van der Waals surface area contributed by atoms with Gasteiger partial charge in [-0.15, -0.1) is 0 Å². The first kappa shape index (κ1) is 12.5. The van der Waals surface area contributed by atoms with Gasteiger partial charge in [-0.2, -0.15) is 0 Å². The van der Waals surface area contributed by atoms with Crippen molar-refractivity contribution in [1.29, 1.82) is 0 Å². The molecule has 0 aromatic heterocycles. The highest BCUT2D eigenvalue weighted by atomic mass is 31.2. The highest BCUT2D eigenvalue weighted by Gasteiger charge is 2.48. The molecule has 0 saturated carbocycles. The van der Waals surface area contributed by atoms with Crippen molar-refractivity contribution in [3.8, 4) is 0 Å². The molecule has 0 spiro atoms. The van der Waals surface area contributed by atoms with Gasteiger partial charge in [0, 0.05) is 6.00 Å². The molecule has 0 aromatic rings. The van der Waals surface area contributed by atoms with Crippen molar-refractivity contribution in [2.75, 3.05) is 6.61 Å². The van der Waals surface area contributed by atoms with Gasteiger partial charge in [0.2, 0.25) is 0 Å². The highest BCUT2D eigenvalue weighted by Crippen LogP contribution is 2.47. The predicted octanol–water partition coefficient (Wildman–Crippen LogP) is -0.443. The molecule has 2 bridgehead atoms. The Bertz CT molecular complexity index is 311. The van der Waals surface area contributed by atoms with E-state index in [1.807, 2.05) is 13.8 Å². The SMILES string of the molecule is [B][C@@H]1O[C@@H]2COP(=O)([O-])O[C@H]1C2OC(C)C. The molecule has 0 aliphatic carbocycles. The van der Waals surface area contributed by atoms with E-state index >= 15 is 0 Å². The van der Waals surface area contributed by atoms with Crippen LogP contribution in [0.3, 0.4) is 0 Å². The fourth-order valence-electron chi connectivity index (χ4n) is 1.83. The van der Waals surface area contributed by atoms with Crippen molar-refractivity contribution in [2.45, 2.75) is 44.3 Å². The van der Waals surface area contributed by atoms with E-state index in [2.05, 4.69) is 4.52 Å². The molecule has 2 rings (SSSR count). The second-order valence-electron chi connectivity index (χ2n) is 4.10. The van der Waals surface area contributed by atoms with Gasteiger partial charge in [-0.3, -0.25) is 4.57 Å². The van der Waals surface area contributed by atoms with Gasteiger partial charge in [0.05, 0.1) is 12.7 Å². The number of rotatable bonds is 2. The quantitative estimate of drug-likeness (QED) is 0.486. The summed E-state index contributed by atoms with van der Waals surface area (Å²) in [5.41, 5.74) is 0. The first-order chi connectivity index (χ1) is 7.39. The molecular weight excluding hydrogens is 234 g/mol. The average Bonchev–Trinajstić information content (AvgIpc) is 2.34. The summed E-state index contributed by atoms with van der Waals surface area (Å²) in [6.07, 6.45) is -1.93. The van der Waals surface area contributed by atoms with Crippen LogP contribution in [0.1, 0.15) is 13.8 Å². The van der Waals surface area contributed by atoms with Crippen molar-refractivity contribution >= 4 is 15.7 Å². The molecule has 5 atom stereocenters. The molecular formula is C8H13BO6P-. The Morgan fingerprint density at radius 2 is 2.25 bits per heavy atom. The standard InChI is InChI=1S/C8H14BO6P/c1-4(2)13-6-5-3-12-16(10,11)15-7(6)8(9)14-5/h4-8H,3H2,1-2H3,(H,10,11)/p-1/t5-,6?,7+,8-/m1/s1. The van der Waals surface area contributed by atoms with Gasteiger partial charge in [0.25, 0.3) is 7.82 Å². The van der Waals surface area contributed by atoms with Crippen molar-refractivity contribution < 1.29 is 28.0 Å². The molecule has 2 radical (unpaired) electrons. The molecule has 8 heteroatoms. The van der Waals surface area contributed by atoms with E-state index in [9.17, 15) is 9.46 Å². The van der Waals surface area contributed by atoms with Gasteiger partial charge in [-0.25, -0.2) is 0 Å². The first-order valence-electron chi connectivity index (χ1n) is 5.09. The summed E-state index contributed by atoms with van der Waals surface area (Å²) in [6, 6.07) is -0.806. The maximum absolute atomic E-state index is 11.3. The lowest BCUT2D eigenvalue weighted by Gasteiger charge is -2.28. The molecule has 2 unspecified atom stereocenters. The zero-order valence-corrected chi connectivity index (χ0v) is 9.96. The van der Waals surface area contributed by atoms with Crippen LogP contribution in [0.4, 0.5) is 0 Å². The summed E-state index contributed by atoms with van der Waals surface area (Å²) in [6.45, 7) is 3.56. The van der Waals surface area contributed by atoms with Crippen molar-refractivity contribution in [3.05, 3.63) is 0 Å². The zero-order chi connectivity index (χ0) is 11.9. The van der Waals surface area contributed by atoms with Crippen molar-refractivity contribution in [3.63, 3.8) is 0 Å². The van der Waals surface area contributed by atoms with Gasteiger partial charge in [0.15, 0.2) is 0 Å². The van der Waals surface area contributed by atoms with Crippen LogP contribution < -0.4 is 4.89 Å². The van der Waals surface area contributed by atoms with Crippen LogP contribution >= 0.6 is 7.82 Å². The molecule has 0 amide bonds. The maximum atomic E-state index is 11.3. The molecule has 2 aliphatic rings. The summed E-state index contributed by atoms with van der Waals surface area (Å²) in [5, 5.41) is 0. The number of hydrogen-bond acceptors (Lipinski definition) is 6. The van der Waals surface area contributed by atoms with E-state index in [1.54, 1.807) is 0 Å². The molecule has 0 N–H and O–H groups in total. The Morgan fingerprint density at radius 1 is 1.56 bits per heavy atom. The number of phosphoric ester groups is 1. The maximum Gasteiger partial charge on any atom is 0.268 e. The lowest BCUT2D eigenvalue weighted by molar-refractivity contribution is -0.232. The summed E-state index contributed by atoms with van der Waals surface area (Å²) in [5.74, 6) is 0. The van der Waals surface area contributed by atoms with Gasteiger partial charge >= 0.3 is 0 Å². The molecule has 0 aromatic carbocycles. The third-order valence-electron chi connectivity index (χ3n) is 2.42. The van der Waals surface area contributed by atoms with Crippen LogP contribution in [0.5, 0.6) is 0 Å². The Balaban J connectivity index is 2.17. The molecule has 6 nitrogen and oxygen atoms in total. The first-order valence-corrected chi connectivity index (χ1v) is 6.55. The molecule has 90 valence electrons. The van der Waals surface area contributed by atoms with Crippen LogP contribution in [0, 0.1) is 0 Å². The van der Waals surface area contributed by atoms with Crippen LogP contribution in [-0.4, -0.2) is 44.9 Å².